The zero-order valence-electron chi connectivity index (χ0n) is 8.01. The molecule has 0 radical (unpaired) electrons. The molecule has 72 valence electrons. The first kappa shape index (κ1) is 9.96. The van der Waals surface area contributed by atoms with Crippen LogP contribution >= 0.6 is 0 Å². The van der Waals surface area contributed by atoms with Crippen LogP contribution in [0.5, 0.6) is 0 Å². The van der Waals surface area contributed by atoms with Gasteiger partial charge in [0.05, 0.1) is 13.2 Å². The maximum atomic E-state index is 5.89. The molecule has 0 aromatic carbocycles. The second kappa shape index (κ2) is 4.21. The van der Waals surface area contributed by atoms with E-state index in [1.165, 1.54) is 0 Å². The predicted octanol–water partition coefficient (Wildman–Crippen LogP) is 1.27. The Kier molecular flexibility index (Phi) is 3.50. The fourth-order valence-electron chi connectivity index (χ4n) is 1.62. The Hall–Kier alpha value is -0.120. The molecular formula is C9H19NO2. The first-order valence-electron chi connectivity index (χ1n) is 4.70. The quantitative estimate of drug-likeness (QED) is 0.696. The molecule has 1 aliphatic rings. The molecule has 0 unspecified atom stereocenters. The summed E-state index contributed by atoms with van der Waals surface area (Å²) in [5, 5.41) is 0. The van der Waals surface area contributed by atoms with Gasteiger partial charge in [-0.05, 0) is 13.3 Å². The molecule has 0 spiro atoms. The Balaban J connectivity index is 2.28. The fourth-order valence-corrected chi connectivity index (χ4v) is 1.62. The molecule has 3 heteroatoms. The van der Waals surface area contributed by atoms with Crippen LogP contribution in [0.2, 0.25) is 0 Å². The van der Waals surface area contributed by atoms with Gasteiger partial charge < -0.3 is 15.2 Å². The molecule has 1 aliphatic heterocycles. The lowest BCUT2D eigenvalue weighted by Crippen LogP contribution is -2.35. The van der Waals surface area contributed by atoms with Crippen molar-refractivity contribution in [2.24, 2.45) is 5.73 Å². The second-order valence-corrected chi connectivity index (χ2v) is 3.58. The zero-order valence-corrected chi connectivity index (χ0v) is 8.01. The van der Waals surface area contributed by atoms with Gasteiger partial charge in [-0.25, -0.2) is 0 Å². The maximum Gasteiger partial charge on any atom is 0.167 e. The monoisotopic (exact) mass is 173 g/mol. The van der Waals surface area contributed by atoms with E-state index in [0.717, 1.165) is 19.3 Å². The zero-order chi connectivity index (χ0) is 9.03. The van der Waals surface area contributed by atoms with Gasteiger partial charge in [0.1, 0.15) is 0 Å². The molecule has 0 aliphatic carbocycles. The van der Waals surface area contributed by atoms with Gasteiger partial charge in [0, 0.05) is 12.5 Å². The molecular weight excluding hydrogens is 154 g/mol. The SMILES string of the molecule is CCC[C@H](N)CC1(C)OCCO1. The molecule has 1 heterocycles. The molecule has 1 fully saturated rings. The van der Waals surface area contributed by atoms with Gasteiger partial charge in [-0.2, -0.15) is 0 Å². The highest BCUT2D eigenvalue weighted by atomic mass is 16.7. The molecule has 0 aromatic heterocycles. The van der Waals surface area contributed by atoms with E-state index >= 15 is 0 Å². The number of ether oxygens (including phenoxy) is 2. The van der Waals surface area contributed by atoms with E-state index < -0.39 is 5.79 Å². The molecule has 1 saturated heterocycles. The lowest BCUT2D eigenvalue weighted by atomic mass is 10.0. The Morgan fingerprint density at radius 3 is 2.50 bits per heavy atom. The standard InChI is InChI=1S/C9H19NO2/c1-3-4-8(10)7-9(2)11-5-6-12-9/h8H,3-7,10H2,1-2H3/t8-/m0/s1. The average molecular weight is 173 g/mol. The number of rotatable bonds is 4. The molecule has 1 rings (SSSR count). The van der Waals surface area contributed by atoms with Gasteiger partial charge in [-0.3, -0.25) is 0 Å². The van der Waals surface area contributed by atoms with Crippen LogP contribution in [-0.4, -0.2) is 25.0 Å². The van der Waals surface area contributed by atoms with Gasteiger partial charge in [-0.1, -0.05) is 13.3 Å². The molecule has 2 N–H and O–H groups in total. The Morgan fingerprint density at radius 2 is 2.00 bits per heavy atom. The van der Waals surface area contributed by atoms with E-state index in [9.17, 15) is 0 Å². The van der Waals surface area contributed by atoms with Crippen LogP contribution in [0.3, 0.4) is 0 Å². The minimum Gasteiger partial charge on any atom is -0.348 e. The number of nitrogens with two attached hydrogens (primary N) is 1. The van der Waals surface area contributed by atoms with E-state index in [0.29, 0.717) is 13.2 Å². The van der Waals surface area contributed by atoms with Crippen LogP contribution in [0.25, 0.3) is 0 Å². The average Bonchev–Trinajstić information content (AvgIpc) is 2.36. The summed E-state index contributed by atoms with van der Waals surface area (Å²) in [5.74, 6) is -0.408. The summed E-state index contributed by atoms with van der Waals surface area (Å²) in [6, 6.07) is 0.207. The predicted molar refractivity (Wildman–Crippen MR) is 47.8 cm³/mol. The summed E-state index contributed by atoms with van der Waals surface area (Å²) >= 11 is 0. The molecule has 0 aromatic rings. The first-order valence-corrected chi connectivity index (χ1v) is 4.70. The normalized spacial score (nSPS) is 24.2. The molecule has 0 bridgehead atoms. The molecule has 0 amide bonds. The van der Waals surface area contributed by atoms with Crippen LogP contribution in [0, 0.1) is 0 Å². The van der Waals surface area contributed by atoms with Gasteiger partial charge in [0.15, 0.2) is 5.79 Å². The minimum absolute atomic E-state index is 0.207. The molecule has 3 nitrogen and oxygen atoms in total. The van der Waals surface area contributed by atoms with E-state index in [4.69, 9.17) is 15.2 Å². The van der Waals surface area contributed by atoms with Crippen molar-refractivity contribution in [1.29, 1.82) is 0 Å². The number of hydrogen-bond donors (Lipinski definition) is 1. The van der Waals surface area contributed by atoms with Crippen molar-refractivity contribution in [2.45, 2.75) is 44.9 Å². The van der Waals surface area contributed by atoms with E-state index in [1.54, 1.807) is 0 Å². The summed E-state index contributed by atoms with van der Waals surface area (Å²) in [7, 11) is 0. The summed E-state index contributed by atoms with van der Waals surface area (Å²) in [4.78, 5) is 0. The van der Waals surface area contributed by atoms with Crippen molar-refractivity contribution in [3.05, 3.63) is 0 Å². The Labute approximate surface area is 74.2 Å². The van der Waals surface area contributed by atoms with E-state index in [1.807, 2.05) is 6.92 Å². The molecule has 1 atom stereocenters. The summed E-state index contributed by atoms with van der Waals surface area (Å²) in [5.41, 5.74) is 5.89. The van der Waals surface area contributed by atoms with Gasteiger partial charge in [0.25, 0.3) is 0 Å². The number of hydrogen-bond acceptors (Lipinski definition) is 3. The summed E-state index contributed by atoms with van der Waals surface area (Å²) in [6.45, 7) is 5.51. The van der Waals surface area contributed by atoms with E-state index in [-0.39, 0.29) is 6.04 Å². The third-order valence-electron chi connectivity index (χ3n) is 2.19. The van der Waals surface area contributed by atoms with Crippen molar-refractivity contribution < 1.29 is 9.47 Å². The van der Waals surface area contributed by atoms with Crippen molar-refractivity contribution >= 4 is 0 Å². The highest BCUT2D eigenvalue weighted by molar-refractivity contribution is 4.75. The smallest absolute Gasteiger partial charge is 0.167 e. The van der Waals surface area contributed by atoms with Crippen molar-refractivity contribution in [3.8, 4) is 0 Å². The Morgan fingerprint density at radius 1 is 1.42 bits per heavy atom. The van der Waals surface area contributed by atoms with Gasteiger partial charge in [0.2, 0.25) is 0 Å². The fraction of sp³-hybridized carbons (Fsp3) is 1.00. The van der Waals surface area contributed by atoms with Crippen LogP contribution in [0.1, 0.15) is 33.1 Å². The highest BCUT2D eigenvalue weighted by Crippen LogP contribution is 2.24. The minimum atomic E-state index is -0.408. The Bertz CT molecular complexity index is 132. The molecule has 12 heavy (non-hydrogen) atoms. The van der Waals surface area contributed by atoms with Gasteiger partial charge in [-0.15, -0.1) is 0 Å². The summed E-state index contributed by atoms with van der Waals surface area (Å²) in [6.07, 6.45) is 2.97. The van der Waals surface area contributed by atoms with Crippen molar-refractivity contribution in [1.82, 2.24) is 0 Å². The third-order valence-corrected chi connectivity index (χ3v) is 2.19. The molecule has 0 saturated carbocycles. The lowest BCUT2D eigenvalue weighted by Gasteiger charge is -2.25. The van der Waals surface area contributed by atoms with Crippen molar-refractivity contribution in [2.75, 3.05) is 13.2 Å². The third kappa shape index (κ3) is 2.73. The topological polar surface area (TPSA) is 44.5 Å². The van der Waals surface area contributed by atoms with Crippen molar-refractivity contribution in [3.63, 3.8) is 0 Å². The first-order chi connectivity index (χ1) is 5.66. The van der Waals surface area contributed by atoms with Crippen LogP contribution < -0.4 is 5.73 Å². The van der Waals surface area contributed by atoms with Crippen LogP contribution in [0.4, 0.5) is 0 Å². The maximum absolute atomic E-state index is 5.89. The highest BCUT2D eigenvalue weighted by Gasteiger charge is 2.32. The lowest BCUT2D eigenvalue weighted by molar-refractivity contribution is -0.149. The van der Waals surface area contributed by atoms with Crippen LogP contribution in [-0.2, 0) is 9.47 Å². The van der Waals surface area contributed by atoms with Crippen LogP contribution in [0.15, 0.2) is 0 Å². The van der Waals surface area contributed by atoms with Gasteiger partial charge >= 0.3 is 0 Å². The van der Waals surface area contributed by atoms with E-state index in [2.05, 4.69) is 6.92 Å². The largest absolute Gasteiger partial charge is 0.348 e. The second-order valence-electron chi connectivity index (χ2n) is 3.58. The summed E-state index contributed by atoms with van der Waals surface area (Å²) < 4.78 is 10.9.